The molecule has 29 heavy (non-hydrogen) atoms. The summed E-state index contributed by atoms with van der Waals surface area (Å²) in [7, 11) is 1.99. The molecular weight excluding hydrogens is 362 g/mol. The summed E-state index contributed by atoms with van der Waals surface area (Å²) in [6.45, 7) is 4.15. The first kappa shape index (κ1) is 17.1. The molecule has 3 heterocycles. The molecule has 1 atom stereocenters. The Morgan fingerprint density at radius 1 is 1.03 bits per heavy atom. The number of aromatic nitrogens is 1. The lowest BCUT2D eigenvalue weighted by Crippen LogP contribution is -2.36. The van der Waals surface area contributed by atoms with E-state index in [4.69, 9.17) is 4.42 Å². The van der Waals surface area contributed by atoms with E-state index >= 15 is 0 Å². The predicted octanol–water partition coefficient (Wildman–Crippen LogP) is 4.97. The van der Waals surface area contributed by atoms with E-state index in [0.29, 0.717) is 16.8 Å². The van der Waals surface area contributed by atoms with E-state index in [0.717, 1.165) is 39.0 Å². The van der Waals surface area contributed by atoms with Gasteiger partial charge < -0.3 is 14.2 Å². The number of hydrogen-bond donors (Lipinski definition) is 0. The van der Waals surface area contributed by atoms with E-state index in [1.165, 1.54) is 0 Å². The minimum atomic E-state index is -0.0176. The molecule has 140 valence electrons. The molecule has 0 radical (unpaired) electrons. The van der Waals surface area contributed by atoms with Gasteiger partial charge in [-0.2, -0.15) is 10.5 Å². The van der Waals surface area contributed by atoms with Gasteiger partial charge in [0.05, 0.1) is 28.2 Å². The molecule has 4 aromatic rings. The van der Waals surface area contributed by atoms with E-state index in [9.17, 15) is 10.5 Å². The molecule has 6 heteroatoms. The van der Waals surface area contributed by atoms with Gasteiger partial charge in [0.2, 0.25) is 5.71 Å². The van der Waals surface area contributed by atoms with Crippen molar-refractivity contribution in [3.63, 3.8) is 0 Å². The van der Waals surface area contributed by atoms with Gasteiger partial charge in [0.1, 0.15) is 18.3 Å². The standard InChI is InChI=1S/C23H17N5O/c1-13-6-7-17-18-5-4-8-26-23(18)29-22(17)21(13)28-14(2)27(3)19-9-15(11-24)16(12-25)10-20(19)28/h4-10,14H,1-3H3/t14-/m0/s1. The number of pyridine rings is 1. The van der Waals surface area contributed by atoms with Crippen LogP contribution in [0.2, 0.25) is 0 Å². The molecular formula is C23H17N5O. The molecule has 0 spiro atoms. The van der Waals surface area contributed by atoms with Crippen LogP contribution < -0.4 is 9.80 Å². The van der Waals surface area contributed by atoms with Crippen LogP contribution >= 0.6 is 0 Å². The van der Waals surface area contributed by atoms with Crippen molar-refractivity contribution in [1.29, 1.82) is 10.5 Å². The van der Waals surface area contributed by atoms with Crippen molar-refractivity contribution < 1.29 is 4.42 Å². The Kier molecular flexibility index (Phi) is 3.53. The van der Waals surface area contributed by atoms with Gasteiger partial charge in [0, 0.05) is 24.0 Å². The number of nitriles is 2. The molecule has 0 amide bonds. The largest absolute Gasteiger partial charge is 0.435 e. The van der Waals surface area contributed by atoms with Gasteiger partial charge >= 0.3 is 0 Å². The molecule has 2 aromatic carbocycles. The molecule has 0 bridgehead atoms. The minimum Gasteiger partial charge on any atom is -0.435 e. The second-order valence-corrected chi connectivity index (χ2v) is 7.29. The minimum absolute atomic E-state index is 0.0176. The van der Waals surface area contributed by atoms with Crippen LogP contribution in [-0.4, -0.2) is 18.2 Å². The van der Waals surface area contributed by atoms with Crippen LogP contribution in [0.25, 0.3) is 22.1 Å². The van der Waals surface area contributed by atoms with Gasteiger partial charge in [0.25, 0.3) is 0 Å². The van der Waals surface area contributed by atoms with Crippen LogP contribution in [0.4, 0.5) is 17.1 Å². The van der Waals surface area contributed by atoms with E-state index in [-0.39, 0.29) is 6.17 Å². The summed E-state index contributed by atoms with van der Waals surface area (Å²) in [5, 5.41) is 20.9. The second-order valence-electron chi connectivity index (χ2n) is 7.29. The van der Waals surface area contributed by atoms with E-state index in [2.05, 4.69) is 52.9 Å². The summed E-state index contributed by atoms with van der Waals surface area (Å²) in [5.74, 6) is 0. The maximum Gasteiger partial charge on any atom is 0.227 e. The molecule has 1 aliphatic heterocycles. The summed E-state index contributed by atoms with van der Waals surface area (Å²) in [6.07, 6.45) is 1.71. The number of benzene rings is 2. The zero-order valence-electron chi connectivity index (χ0n) is 16.3. The zero-order chi connectivity index (χ0) is 20.3. The molecule has 0 saturated heterocycles. The van der Waals surface area contributed by atoms with Crippen molar-refractivity contribution in [3.05, 3.63) is 59.3 Å². The first-order chi connectivity index (χ1) is 14.0. The highest BCUT2D eigenvalue weighted by Crippen LogP contribution is 2.48. The van der Waals surface area contributed by atoms with E-state index in [1.54, 1.807) is 18.3 Å². The molecule has 0 fully saturated rings. The highest BCUT2D eigenvalue weighted by Gasteiger charge is 2.35. The number of furan rings is 1. The third-order valence-corrected chi connectivity index (χ3v) is 5.76. The first-order valence-electron chi connectivity index (χ1n) is 9.32. The van der Waals surface area contributed by atoms with Gasteiger partial charge in [-0.1, -0.05) is 12.1 Å². The summed E-state index contributed by atoms with van der Waals surface area (Å²) < 4.78 is 6.19. The Hall–Kier alpha value is -4.03. The lowest BCUT2D eigenvalue weighted by atomic mass is 10.0. The maximum atomic E-state index is 9.53. The Labute approximate surface area is 167 Å². The normalized spacial score (nSPS) is 15.6. The molecule has 0 N–H and O–H groups in total. The Morgan fingerprint density at radius 3 is 2.48 bits per heavy atom. The van der Waals surface area contributed by atoms with E-state index < -0.39 is 0 Å². The van der Waals surface area contributed by atoms with Gasteiger partial charge in [-0.05, 0) is 43.7 Å². The molecule has 6 nitrogen and oxygen atoms in total. The van der Waals surface area contributed by atoms with Crippen LogP contribution in [0, 0.1) is 29.6 Å². The fraction of sp³-hybridized carbons (Fsp3) is 0.174. The Bertz CT molecular complexity index is 1390. The van der Waals surface area contributed by atoms with Crippen LogP contribution in [0.5, 0.6) is 0 Å². The topological polar surface area (TPSA) is 80.1 Å². The number of anilines is 3. The summed E-state index contributed by atoms with van der Waals surface area (Å²) in [4.78, 5) is 8.66. The van der Waals surface area contributed by atoms with Crippen LogP contribution in [-0.2, 0) is 0 Å². The maximum absolute atomic E-state index is 9.53. The third kappa shape index (κ3) is 2.23. The van der Waals surface area contributed by atoms with Crippen molar-refractivity contribution in [2.45, 2.75) is 20.0 Å². The average molecular weight is 379 g/mol. The molecule has 0 unspecified atom stereocenters. The first-order valence-corrected chi connectivity index (χ1v) is 9.32. The Morgan fingerprint density at radius 2 is 1.76 bits per heavy atom. The summed E-state index contributed by atoms with van der Waals surface area (Å²) in [5.41, 5.74) is 5.95. The molecule has 2 aromatic heterocycles. The van der Waals surface area contributed by atoms with Crippen molar-refractivity contribution in [2.24, 2.45) is 0 Å². The van der Waals surface area contributed by atoms with Gasteiger partial charge in [0.15, 0.2) is 5.58 Å². The smallest absolute Gasteiger partial charge is 0.227 e. The van der Waals surface area contributed by atoms with Crippen molar-refractivity contribution in [1.82, 2.24) is 4.98 Å². The van der Waals surface area contributed by atoms with Crippen molar-refractivity contribution in [3.8, 4) is 12.1 Å². The number of rotatable bonds is 1. The highest BCUT2D eigenvalue weighted by atomic mass is 16.3. The average Bonchev–Trinajstić information content (AvgIpc) is 3.23. The fourth-order valence-corrected chi connectivity index (χ4v) is 4.18. The number of aryl methyl sites for hydroxylation is 1. The molecule has 1 aliphatic rings. The van der Waals surface area contributed by atoms with Crippen LogP contribution in [0.3, 0.4) is 0 Å². The van der Waals surface area contributed by atoms with Crippen molar-refractivity contribution in [2.75, 3.05) is 16.8 Å². The fourth-order valence-electron chi connectivity index (χ4n) is 4.18. The predicted molar refractivity (Wildman–Crippen MR) is 112 cm³/mol. The summed E-state index contributed by atoms with van der Waals surface area (Å²) in [6, 6.07) is 15.9. The lowest BCUT2D eigenvalue weighted by molar-refractivity contribution is 0.648. The van der Waals surface area contributed by atoms with Gasteiger partial charge in [-0.15, -0.1) is 0 Å². The third-order valence-electron chi connectivity index (χ3n) is 5.76. The molecule has 0 saturated carbocycles. The molecule has 0 aliphatic carbocycles. The quantitative estimate of drug-likeness (QED) is 0.465. The number of fused-ring (bicyclic) bond motifs is 4. The second kappa shape index (κ2) is 5.98. The summed E-state index contributed by atoms with van der Waals surface area (Å²) >= 11 is 0. The van der Waals surface area contributed by atoms with Gasteiger partial charge in [-0.25, -0.2) is 4.98 Å². The monoisotopic (exact) mass is 379 g/mol. The van der Waals surface area contributed by atoms with E-state index in [1.807, 2.05) is 19.2 Å². The molecule has 5 rings (SSSR count). The van der Waals surface area contributed by atoms with Crippen LogP contribution in [0.1, 0.15) is 23.6 Å². The van der Waals surface area contributed by atoms with Crippen molar-refractivity contribution >= 4 is 39.1 Å². The SMILES string of the molecule is Cc1ccc2c(oc3ncccc32)c1N1c2cc(C#N)c(C#N)cc2N(C)[C@@H]1C. The number of nitrogens with zero attached hydrogens (tertiary/aromatic N) is 5. The number of hydrogen-bond acceptors (Lipinski definition) is 6. The highest BCUT2D eigenvalue weighted by molar-refractivity contribution is 6.10. The lowest BCUT2D eigenvalue weighted by Gasteiger charge is -2.29. The Balaban J connectivity index is 1.84. The van der Waals surface area contributed by atoms with Crippen LogP contribution in [0.15, 0.2) is 47.0 Å². The zero-order valence-corrected chi connectivity index (χ0v) is 16.3. The van der Waals surface area contributed by atoms with Gasteiger partial charge in [-0.3, -0.25) is 0 Å².